The van der Waals surface area contributed by atoms with E-state index in [1.807, 2.05) is 14.1 Å². The first-order chi connectivity index (χ1) is 6.88. The predicted molar refractivity (Wildman–Crippen MR) is 65.6 cm³/mol. The molecule has 0 aliphatic heterocycles. The Morgan fingerprint density at radius 3 is 2.33 bits per heavy atom. The highest BCUT2D eigenvalue weighted by Gasteiger charge is 2.20. The molecule has 0 bridgehead atoms. The van der Waals surface area contributed by atoms with E-state index in [0.717, 1.165) is 0 Å². The first kappa shape index (κ1) is 12.1. The van der Waals surface area contributed by atoms with Gasteiger partial charge < -0.3 is 10.0 Å². The van der Waals surface area contributed by atoms with Crippen molar-refractivity contribution in [3.8, 4) is 0 Å². The summed E-state index contributed by atoms with van der Waals surface area (Å²) in [5.41, 5.74) is 3.49. The van der Waals surface area contributed by atoms with Crippen molar-refractivity contribution in [1.82, 2.24) is 0 Å². The minimum absolute atomic E-state index is 0.168. The summed E-state index contributed by atoms with van der Waals surface area (Å²) < 4.78 is 0. The minimum Gasteiger partial charge on any atom is -0.395 e. The molecule has 1 aromatic carbocycles. The van der Waals surface area contributed by atoms with Crippen molar-refractivity contribution in [2.45, 2.75) is 26.2 Å². The quantitative estimate of drug-likeness (QED) is 0.822. The highest BCUT2D eigenvalue weighted by molar-refractivity contribution is 5.55. The third-order valence-electron chi connectivity index (χ3n) is 2.87. The van der Waals surface area contributed by atoms with Gasteiger partial charge in [-0.25, -0.2) is 0 Å². The second kappa shape index (κ2) is 4.23. The third kappa shape index (κ3) is 2.51. The maximum atomic E-state index is 9.33. The molecular formula is C13H21NO. The number of benzene rings is 1. The van der Waals surface area contributed by atoms with Crippen molar-refractivity contribution in [2.75, 3.05) is 25.6 Å². The molecule has 0 fully saturated rings. The molecule has 1 aromatic rings. The van der Waals surface area contributed by atoms with Crippen LogP contribution in [0.4, 0.5) is 5.69 Å². The molecule has 0 unspecified atom stereocenters. The number of nitrogens with zero attached hydrogens (tertiary/aromatic N) is 1. The summed E-state index contributed by atoms with van der Waals surface area (Å²) in [6.45, 7) is 6.38. The first-order valence-corrected chi connectivity index (χ1v) is 5.28. The van der Waals surface area contributed by atoms with Crippen LogP contribution in [0.5, 0.6) is 0 Å². The van der Waals surface area contributed by atoms with Crippen molar-refractivity contribution < 1.29 is 5.11 Å². The average molecular weight is 207 g/mol. The summed E-state index contributed by atoms with van der Waals surface area (Å²) in [7, 11) is 4.08. The zero-order valence-electron chi connectivity index (χ0n) is 10.3. The molecule has 0 aliphatic rings. The Hall–Kier alpha value is -1.02. The summed E-state index contributed by atoms with van der Waals surface area (Å²) in [6, 6.07) is 6.37. The maximum Gasteiger partial charge on any atom is 0.0522 e. The summed E-state index contributed by atoms with van der Waals surface area (Å²) in [4.78, 5) is 2.10. The van der Waals surface area contributed by atoms with Crippen molar-refractivity contribution in [1.29, 1.82) is 0 Å². The van der Waals surface area contributed by atoms with Crippen LogP contribution in [-0.4, -0.2) is 25.8 Å². The lowest BCUT2D eigenvalue weighted by atomic mass is 9.85. The van der Waals surface area contributed by atoms with Crippen LogP contribution in [0.2, 0.25) is 0 Å². The van der Waals surface area contributed by atoms with Gasteiger partial charge in [-0.2, -0.15) is 0 Å². The lowest BCUT2D eigenvalue weighted by Gasteiger charge is -2.25. The van der Waals surface area contributed by atoms with E-state index in [-0.39, 0.29) is 12.0 Å². The monoisotopic (exact) mass is 207 g/mol. The Morgan fingerprint density at radius 2 is 1.87 bits per heavy atom. The van der Waals surface area contributed by atoms with Crippen LogP contribution < -0.4 is 4.90 Å². The fourth-order valence-electron chi connectivity index (χ4n) is 1.60. The smallest absolute Gasteiger partial charge is 0.0522 e. The van der Waals surface area contributed by atoms with Crippen LogP contribution in [0.3, 0.4) is 0 Å². The molecule has 0 radical (unpaired) electrons. The predicted octanol–water partition coefficient (Wildman–Crippen LogP) is 2.33. The normalized spacial score (nSPS) is 11.6. The Kier molecular flexibility index (Phi) is 3.40. The highest BCUT2D eigenvalue weighted by atomic mass is 16.3. The van der Waals surface area contributed by atoms with E-state index in [1.165, 1.54) is 16.8 Å². The van der Waals surface area contributed by atoms with Crippen molar-refractivity contribution in [2.24, 2.45) is 0 Å². The molecule has 2 nitrogen and oxygen atoms in total. The summed E-state index contributed by atoms with van der Waals surface area (Å²) in [5.74, 6) is 0. The van der Waals surface area contributed by atoms with Gasteiger partial charge in [0.25, 0.3) is 0 Å². The van der Waals surface area contributed by atoms with Gasteiger partial charge in [0.1, 0.15) is 0 Å². The van der Waals surface area contributed by atoms with Crippen LogP contribution in [0.1, 0.15) is 25.0 Å². The lowest BCUT2D eigenvalue weighted by molar-refractivity contribution is 0.218. The van der Waals surface area contributed by atoms with E-state index in [0.29, 0.717) is 0 Å². The maximum absolute atomic E-state index is 9.33. The molecule has 0 saturated carbocycles. The number of aliphatic hydroxyl groups excluding tert-OH is 1. The number of rotatable bonds is 3. The number of aryl methyl sites for hydroxylation is 1. The number of hydrogen-bond donors (Lipinski definition) is 1. The number of aliphatic hydroxyl groups is 1. The van der Waals surface area contributed by atoms with Crippen molar-refractivity contribution in [3.63, 3.8) is 0 Å². The Bertz CT molecular complexity index is 342. The van der Waals surface area contributed by atoms with Gasteiger partial charge in [-0.1, -0.05) is 26.0 Å². The van der Waals surface area contributed by atoms with Gasteiger partial charge >= 0.3 is 0 Å². The van der Waals surface area contributed by atoms with E-state index in [1.54, 1.807) is 0 Å². The SMILES string of the molecule is Cc1ccc(C(C)(C)CO)cc1N(C)C. The number of hydrogen-bond acceptors (Lipinski definition) is 2. The minimum atomic E-state index is -0.168. The molecule has 0 spiro atoms. The van der Waals surface area contributed by atoms with E-state index >= 15 is 0 Å². The molecule has 0 aromatic heterocycles. The van der Waals surface area contributed by atoms with E-state index in [9.17, 15) is 5.11 Å². The summed E-state index contributed by atoms with van der Waals surface area (Å²) >= 11 is 0. The van der Waals surface area contributed by atoms with Crippen LogP contribution in [-0.2, 0) is 5.41 Å². The lowest BCUT2D eigenvalue weighted by Crippen LogP contribution is -2.23. The second-order valence-corrected chi connectivity index (χ2v) is 4.94. The van der Waals surface area contributed by atoms with Gasteiger partial charge in [-0.15, -0.1) is 0 Å². The molecule has 0 saturated heterocycles. The van der Waals surface area contributed by atoms with Crippen molar-refractivity contribution >= 4 is 5.69 Å². The highest BCUT2D eigenvalue weighted by Crippen LogP contribution is 2.28. The van der Waals surface area contributed by atoms with Gasteiger partial charge in [-0.3, -0.25) is 0 Å². The Labute approximate surface area is 92.5 Å². The molecule has 2 heteroatoms. The van der Waals surface area contributed by atoms with Gasteiger partial charge in [0.15, 0.2) is 0 Å². The molecule has 0 aliphatic carbocycles. The van der Waals surface area contributed by atoms with E-state index in [4.69, 9.17) is 0 Å². The molecule has 15 heavy (non-hydrogen) atoms. The zero-order chi connectivity index (χ0) is 11.6. The second-order valence-electron chi connectivity index (χ2n) is 4.94. The van der Waals surface area contributed by atoms with Crippen LogP contribution in [0.25, 0.3) is 0 Å². The Morgan fingerprint density at radius 1 is 1.27 bits per heavy atom. The summed E-state index contributed by atoms with van der Waals surface area (Å²) in [5, 5.41) is 9.33. The topological polar surface area (TPSA) is 23.5 Å². The van der Waals surface area contributed by atoms with Gasteiger partial charge in [-0.05, 0) is 24.1 Å². The fourth-order valence-corrected chi connectivity index (χ4v) is 1.60. The van der Waals surface area contributed by atoms with Gasteiger partial charge in [0.2, 0.25) is 0 Å². The van der Waals surface area contributed by atoms with Gasteiger partial charge in [0, 0.05) is 25.2 Å². The summed E-state index contributed by atoms with van der Waals surface area (Å²) in [6.07, 6.45) is 0. The molecule has 1 rings (SSSR count). The average Bonchev–Trinajstić information content (AvgIpc) is 2.17. The van der Waals surface area contributed by atoms with E-state index < -0.39 is 0 Å². The van der Waals surface area contributed by atoms with Gasteiger partial charge in [0.05, 0.1) is 6.61 Å². The van der Waals surface area contributed by atoms with Crippen LogP contribution >= 0.6 is 0 Å². The third-order valence-corrected chi connectivity index (χ3v) is 2.87. The Balaban J connectivity index is 3.19. The van der Waals surface area contributed by atoms with Crippen molar-refractivity contribution in [3.05, 3.63) is 29.3 Å². The molecule has 0 amide bonds. The first-order valence-electron chi connectivity index (χ1n) is 5.28. The van der Waals surface area contributed by atoms with Crippen LogP contribution in [0, 0.1) is 6.92 Å². The van der Waals surface area contributed by atoms with E-state index in [2.05, 4.69) is 43.9 Å². The molecule has 0 atom stereocenters. The molecule has 0 heterocycles. The standard InChI is InChI=1S/C13H21NO/c1-10-6-7-11(13(2,3)9-15)8-12(10)14(4)5/h6-8,15H,9H2,1-5H3. The molecule has 84 valence electrons. The largest absolute Gasteiger partial charge is 0.395 e. The fraction of sp³-hybridized carbons (Fsp3) is 0.538. The molecular weight excluding hydrogens is 186 g/mol. The zero-order valence-corrected chi connectivity index (χ0v) is 10.3. The number of anilines is 1. The van der Waals surface area contributed by atoms with Crippen LogP contribution in [0.15, 0.2) is 18.2 Å². The molecule has 1 N–H and O–H groups in total.